The molecule has 0 bridgehead atoms. The van der Waals surface area contributed by atoms with Gasteiger partial charge in [0, 0.05) is 6.92 Å². The van der Waals surface area contributed by atoms with E-state index in [2.05, 4.69) is 5.32 Å². The van der Waals surface area contributed by atoms with Crippen LogP contribution in [-0.4, -0.2) is 23.7 Å². The minimum absolute atomic E-state index is 0.153. The molecule has 3 nitrogen and oxygen atoms in total. The number of aliphatic hydroxyl groups excluding tert-OH is 1. The van der Waals surface area contributed by atoms with Gasteiger partial charge in [-0.15, -0.1) is 0 Å². The van der Waals surface area contributed by atoms with Crippen LogP contribution in [0.4, 0.5) is 13.2 Å². The molecule has 0 aliphatic rings. The molecule has 18 heavy (non-hydrogen) atoms. The van der Waals surface area contributed by atoms with Gasteiger partial charge in [-0.1, -0.05) is 18.2 Å². The fourth-order valence-corrected chi connectivity index (χ4v) is 1.61. The number of carbonyl (C=O) groups is 1. The smallest absolute Gasteiger partial charge is 0.394 e. The molecule has 2 N–H and O–H groups in total. The van der Waals surface area contributed by atoms with Crippen molar-refractivity contribution in [3.05, 3.63) is 35.4 Å². The topological polar surface area (TPSA) is 49.3 Å². The maximum atomic E-state index is 12.5. The maximum absolute atomic E-state index is 12.5. The van der Waals surface area contributed by atoms with E-state index in [4.69, 9.17) is 5.11 Å². The highest BCUT2D eigenvalue weighted by molar-refractivity contribution is 5.73. The van der Waals surface area contributed by atoms with E-state index in [9.17, 15) is 18.0 Å². The van der Waals surface area contributed by atoms with Crippen molar-refractivity contribution < 1.29 is 23.1 Å². The van der Waals surface area contributed by atoms with Crippen molar-refractivity contribution in [1.29, 1.82) is 0 Å². The largest absolute Gasteiger partial charge is 0.416 e. The summed E-state index contributed by atoms with van der Waals surface area (Å²) >= 11 is 0. The van der Waals surface area contributed by atoms with Gasteiger partial charge >= 0.3 is 6.18 Å². The molecule has 1 rings (SSSR count). The number of hydrogen-bond donors (Lipinski definition) is 2. The van der Waals surface area contributed by atoms with E-state index in [1.54, 1.807) is 0 Å². The number of alkyl halides is 3. The van der Waals surface area contributed by atoms with E-state index >= 15 is 0 Å². The van der Waals surface area contributed by atoms with Crippen LogP contribution in [0.3, 0.4) is 0 Å². The lowest BCUT2D eigenvalue weighted by atomic mass is 10.0. The van der Waals surface area contributed by atoms with E-state index in [1.165, 1.54) is 19.1 Å². The molecule has 0 spiro atoms. The predicted molar refractivity (Wildman–Crippen MR) is 59.8 cm³/mol. The van der Waals surface area contributed by atoms with E-state index in [0.29, 0.717) is 5.56 Å². The molecule has 0 unspecified atom stereocenters. The molecule has 1 amide bonds. The second-order valence-corrected chi connectivity index (χ2v) is 3.98. The summed E-state index contributed by atoms with van der Waals surface area (Å²) in [6.45, 7) is 0.963. The summed E-state index contributed by atoms with van der Waals surface area (Å²) in [5, 5.41) is 11.5. The average Bonchev–Trinajstić information content (AvgIpc) is 2.26. The first-order chi connectivity index (χ1) is 8.32. The minimum atomic E-state index is -4.39. The molecule has 0 aliphatic carbocycles. The van der Waals surface area contributed by atoms with Gasteiger partial charge < -0.3 is 10.4 Å². The Morgan fingerprint density at radius 2 is 2.11 bits per heavy atom. The Kier molecular flexibility index (Phi) is 4.72. The van der Waals surface area contributed by atoms with Crippen molar-refractivity contribution in [2.75, 3.05) is 6.61 Å². The highest BCUT2D eigenvalue weighted by atomic mass is 19.4. The summed E-state index contributed by atoms with van der Waals surface area (Å²) in [7, 11) is 0. The number of nitrogens with one attached hydrogen (secondary N) is 1. The van der Waals surface area contributed by atoms with Crippen molar-refractivity contribution in [3.63, 3.8) is 0 Å². The minimum Gasteiger partial charge on any atom is -0.394 e. The van der Waals surface area contributed by atoms with Crippen LogP contribution in [0.5, 0.6) is 0 Å². The van der Waals surface area contributed by atoms with Gasteiger partial charge in [-0.3, -0.25) is 4.79 Å². The summed E-state index contributed by atoms with van der Waals surface area (Å²) in [6, 6.07) is 4.26. The van der Waals surface area contributed by atoms with Gasteiger partial charge in [-0.2, -0.15) is 13.2 Å². The Morgan fingerprint density at radius 1 is 1.44 bits per heavy atom. The van der Waals surface area contributed by atoms with Crippen molar-refractivity contribution in [2.24, 2.45) is 0 Å². The van der Waals surface area contributed by atoms with E-state index < -0.39 is 17.8 Å². The molecule has 0 radical (unpaired) electrons. The number of aliphatic hydroxyl groups is 1. The molecule has 0 heterocycles. The molecule has 0 saturated carbocycles. The lowest BCUT2D eigenvalue weighted by Crippen LogP contribution is -2.37. The fraction of sp³-hybridized carbons (Fsp3) is 0.417. The third kappa shape index (κ3) is 4.37. The number of hydrogen-bond acceptors (Lipinski definition) is 2. The number of carbonyl (C=O) groups excluding carboxylic acids is 1. The van der Waals surface area contributed by atoms with Gasteiger partial charge in [0.05, 0.1) is 18.2 Å². The monoisotopic (exact) mass is 261 g/mol. The predicted octanol–water partition coefficient (Wildman–Crippen LogP) is 1.74. The van der Waals surface area contributed by atoms with Crippen LogP contribution < -0.4 is 5.32 Å². The Balaban J connectivity index is 2.81. The summed E-state index contributed by atoms with van der Waals surface area (Å²) in [4.78, 5) is 10.8. The molecule has 0 saturated heterocycles. The van der Waals surface area contributed by atoms with Gasteiger partial charge in [0.25, 0.3) is 0 Å². The van der Waals surface area contributed by atoms with Crippen LogP contribution in [0, 0.1) is 0 Å². The molecule has 0 aliphatic heterocycles. The molecule has 0 fully saturated rings. The third-order valence-corrected chi connectivity index (χ3v) is 2.36. The lowest BCUT2D eigenvalue weighted by molar-refractivity contribution is -0.137. The van der Waals surface area contributed by atoms with Crippen molar-refractivity contribution in [1.82, 2.24) is 5.32 Å². The zero-order chi connectivity index (χ0) is 13.8. The molecule has 1 aromatic carbocycles. The van der Waals surface area contributed by atoms with Crippen LogP contribution in [0.15, 0.2) is 24.3 Å². The number of amides is 1. The Labute approximate surface area is 103 Å². The highest BCUT2D eigenvalue weighted by Gasteiger charge is 2.30. The Hall–Kier alpha value is -1.56. The summed E-state index contributed by atoms with van der Waals surface area (Å²) in [5.41, 5.74) is -0.322. The molecular weight excluding hydrogens is 247 g/mol. The van der Waals surface area contributed by atoms with E-state index in [1.807, 2.05) is 0 Å². The van der Waals surface area contributed by atoms with Crippen LogP contribution in [0.1, 0.15) is 18.1 Å². The van der Waals surface area contributed by atoms with Crippen molar-refractivity contribution >= 4 is 5.91 Å². The van der Waals surface area contributed by atoms with Crippen LogP contribution in [0.25, 0.3) is 0 Å². The molecular formula is C12H14F3NO2. The standard InChI is InChI=1S/C12H14F3NO2/c1-8(18)16-11(7-17)6-9-3-2-4-10(5-9)12(13,14)15/h2-5,11,17H,6-7H2,1H3,(H,16,18)/t11-/m0/s1. The lowest BCUT2D eigenvalue weighted by Gasteiger charge is -2.16. The summed E-state index contributed by atoms with van der Waals surface area (Å²) in [6.07, 6.45) is -4.24. The van der Waals surface area contributed by atoms with Gasteiger partial charge in [-0.05, 0) is 18.1 Å². The molecule has 1 aromatic rings. The van der Waals surface area contributed by atoms with Gasteiger partial charge in [-0.25, -0.2) is 0 Å². The van der Waals surface area contributed by atoms with Crippen LogP contribution in [-0.2, 0) is 17.4 Å². The van der Waals surface area contributed by atoms with Gasteiger partial charge in [0.2, 0.25) is 5.91 Å². The Morgan fingerprint density at radius 3 is 2.61 bits per heavy atom. The summed E-state index contributed by atoms with van der Waals surface area (Å²) in [5.74, 6) is -0.332. The second-order valence-electron chi connectivity index (χ2n) is 3.98. The molecule has 1 atom stereocenters. The molecule has 0 aromatic heterocycles. The molecule has 6 heteroatoms. The van der Waals surface area contributed by atoms with Crippen LogP contribution in [0.2, 0.25) is 0 Å². The zero-order valence-corrected chi connectivity index (χ0v) is 9.79. The van der Waals surface area contributed by atoms with E-state index in [0.717, 1.165) is 12.1 Å². The molecule has 100 valence electrons. The van der Waals surface area contributed by atoms with Gasteiger partial charge in [0.1, 0.15) is 0 Å². The number of rotatable bonds is 4. The maximum Gasteiger partial charge on any atom is 0.416 e. The van der Waals surface area contributed by atoms with Crippen LogP contribution >= 0.6 is 0 Å². The fourth-order valence-electron chi connectivity index (χ4n) is 1.61. The third-order valence-electron chi connectivity index (χ3n) is 2.36. The summed E-state index contributed by atoms with van der Waals surface area (Å²) < 4.78 is 37.4. The SMILES string of the molecule is CC(=O)N[C@H](CO)Cc1cccc(C(F)(F)F)c1. The first-order valence-electron chi connectivity index (χ1n) is 5.37. The van der Waals surface area contributed by atoms with E-state index in [-0.39, 0.29) is 18.9 Å². The average molecular weight is 261 g/mol. The Bertz CT molecular complexity index is 418. The first kappa shape index (κ1) is 14.5. The van der Waals surface area contributed by atoms with Gasteiger partial charge in [0.15, 0.2) is 0 Å². The highest BCUT2D eigenvalue weighted by Crippen LogP contribution is 2.29. The zero-order valence-electron chi connectivity index (χ0n) is 9.79. The quantitative estimate of drug-likeness (QED) is 0.867. The number of halogens is 3. The van der Waals surface area contributed by atoms with Crippen molar-refractivity contribution in [2.45, 2.75) is 25.6 Å². The van der Waals surface area contributed by atoms with Crippen molar-refractivity contribution in [3.8, 4) is 0 Å². The number of benzene rings is 1. The normalized spacial score (nSPS) is 13.2. The first-order valence-corrected chi connectivity index (χ1v) is 5.37. The second kappa shape index (κ2) is 5.86.